The van der Waals surface area contributed by atoms with Gasteiger partial charge < -0.3 is 10.4 Å². The number of nitrogens with one attached hydrogen (secondary N) is 1. The number of hydrogen-bond donors (Lipinski definition) is 2. The Kier molecular flexibility index (Phi) is 2.34. The van der Waals surface area contributed by atoms with Crippen LogP contribution in [0.2, 0.25) is 0 Å². The van der Waals surface area contributed by atoms with Crippen molar-refractivity contribution in [1.82, 2.24) is 0 Å². The Morgan fingerprint density at radius 2 is 2.27 bits per heavy atom. The van der Waals surface area contributed by atoms with Crippen LogP contribution in [0.25, 0.3) is 0 Å². The number of hydrogen-bond acceptors (Lipinski definition) is 2. The minimum atomic E-state index is -0.614. The van der Waals surface area contributed by atoms with Gasteiger partial charge in [0.15, 0.2) is 0 Å². The standard InChI is InChI=1S/C11H12FNO2/c1-6-4-8(6)11(15)13-10-3-2-7(14)5-9(10)12/h2-3,5-6,8,14H,4H2,1H3,(H,13,15). The van der Waals surface area contributed by atoms with Gasteiger partial charge in [0, 0.05) is 12.0 Å². The van der Waals surface area contributed by atoms with Crippen molar-refractivity contribution in [3.8, 4) is 5.75 Å². The Bertz CT molecular complexity index is 406. The van der Waals surface area contributed by atoms with Crippen molar-refractivity contribution < 1.29 is 14.3 Å². The molecule has 0 saturated heterocycles. The summed E-state index contributed by atoms with van der Waals surface area (Å²) in [5.74, 6) is -0.502. The van der Waals surface area contributed by atoms with E-state index >= 15 is 0 Å². The molecular formula is C11H12FNO2. The number of carbonyl (C=O) groups is 1. The summed E-state index contributed by atoms with van der Waals surface area (Å²) in [7, 11) is 0. The van der Waals surface area contributed by atoms with Gasteiger partial charge in [0.25, 0.3) is 0 Å². The van der Waals surface area contributed by atoms with Gasteiger partial charge in [-0.15, -0.1) is 0 Å². The average Bonchev–Trinajstić information content (AvgIpc) is 2.88. The monoisotopic (exact) mass is 209 g/mol. The van der Waals surface area contributed by atoms with Crippen LogP contribution in [-0.2, 0) is 4.79 Å². The lowest BCUT2D eigenvalue weighted by Gasteiger charge is -2.05. The minimum Gasteiger partial charge on any atom is -0.508 e. The van der Waals surface area contributed by atoms with E-state index in [2.05, 4.69) is 5.32 Å². The maximum Gasteiger partial charge on any atom is 0.227 e. The molecule has 0 heterocycles. The Morgan fingerprint density at radius 1 is 1.60 bits per heavy atom. The zero-order valence-electron chi connectivity index (χ0n) is 8.33. The molecule has 15 heavy (non-hydrogen) atoms. The second-order valence-corrected chi connectivity index (χ2v) is 3.97. The normalized spacial score (nSPS) is 23.6. The van der Waals surface area contributed by atoms with Gasteiger partial charge in [-0.2, -0.15) is 0 Å². The van der Waals surface area contributed by atoms with Crippen molar-refractivity contribution >= 4 is 11.6 Å². The van der Waals surface area contributed by atoms with Crippen molar-refractivity contribution in [2.24, 2.45) is 11.8 Å². The van der Waals surface area contributed by atoms with Crippen LogP contribution >= 0.6 is 0 Å². The lowest BCUT2D eigenvalue weighted by Crippen LogP contribution is -2.15. The third kappa shape index (κ3) is 2.09. The van der Waals surface area contributed by atoms with Crippen LogP contribution in [-0.4, -0.2) is 11.0 Å². The van der Waals surface area contributed by atoms with Gasteiger partial charge in [0.05, 0.1) is 5.69 Å². The Balaban J connectivity index is 2.07. The largest absolute Gasteiger partial charge is 0.508 e. The molecule has 3 nitrogen and oxygen atoms in total. The summed E-state index contributed by atoms with van der Waals surface area (Å²) in [5, 5.41) is 11.5. The molecule has 1 aromatic carbocycles. The van der Waals surface area contributed by atoms with E-state index in [0.717, 1.165) is 12.5 Å². The van der Waals surface area contributed by atoms with Crippen molar-refractivity contribution in [2.45, 2.75) is 13.3 Å². The van der Waals surface area contributed by atoms with Crippen LogP contribution < -0.4 is 5.32 Å². The molecule has 2 rings (SSSR count). The van der Waals surface area contributed by atoms with Crippen molar-refractivity contribution in [3.63, 3.8) is 0 Å². The summed E-state index contributed by atoms with van der Waals surface area (Å²) in [6.07, 6.45) is 0.867. The van der Waals surface area contributed by atoms with E-state index in [-0.39, 0.29) is 23.3 Å². The fraction of sp³-hybridized carbons (Fsp3) is 0.364. The molecule has 0 spiro atoms. The number of phenols is 1. The van der Waals surface area contributed by atoms with Crippen LogP contribution in [0, 0.1) is 17.7 Å². The highest BCUT2D eigenvalue weighted by molar-refractivity contribution is 5.94. The molecule has 2 atom stereocenters. The van der Waals surface area contributed by atoms with Crippen LogP contribution in [0.1, 0.15) is 13.3 Å². The number of phenolic OH excluding ortho intramolecular Hbond substituents is 1. The van der Waals surface area contributed by atoms with E-state index in [4.69, 9.17) is 5.11 Å². The summed E-state index contributed by atoms with van der Waals surface area (Å²) in [4.78, 5) is 11.5. The molecule has 4 heteroatoms. The molecule has 2 N–H and O–H groups in total. The summed E-state index contributed by atoms with van der Waals surface area (Å²) < 4.78 is 13.2. The quantitative estimate of drug-likeness (QED) is 0.733. The predicted octanol–water partition coefficient (Wildman–Crippen LogP) is 2.13. The molecule has 0 bridgehead atoms. The number of benzene rings is 1. The smallest absolute Gasteiger partial charge is 0.227 e. The zero-order valence-corrected chi connectivity index (χ0v) is 8.33. The van der Waals surface area contributed by atoms with Gasteiger partial charge in [0.2, 0.25) is 5.91 Å². The summed E-state index contributed by atoms with van der Waals surface area (Å²) in [6, 6.07) is 3.68. The summed E-state index contributed by atoms with van der Waals surface area (Å²) >= 11 is 0. The highest BCUT2D eigenvalue weighted by atomic mass is 19.1. The first kappa shape index (κ1) is 9.96. The van der Waals surface area contributed by atoms with E-state index in [9.17, 15) is 9.18 Å². The van der Waals surface area contributed by atoms with Crippen LogP contribution in [0.3, 0.4) is 0 Å². The molecule has 2 unspecified atom stereocenters. The van der Waals surface area contributed by atoms with Gasteiger partial charge in [-0.1, -0.05) is 6.92 Å². The van der Waals surface area contributed by atoms with E-state index in [0.29, 0.717) is 5.92 Å². The second kappa shape index (κ2) is 3.53. The van der Waals surface area contributed by atoms with Crippen LogP contribution in [0.4, 0.5) is 10.1 Å². The van der Waals surface area contributed by atoms with Crippen molar-refractivity contribution in [2.75, 3.05) is 5.32 Å². The predicted molar refractivity (Wildman–Crippen MR) is 54.0 cm³/mol. The number of amides is 1. The number of halogens is 1. The van der Waals surface area contributed by atoms with E-state index < -0.39 is 5.82 Å². The molecule has 0 aromatic heterocycles. The first-order chi connectivity index (χ1) is 7.08. The molecular weight excluding hydrogens is 197 g/mol. The maximum atomic E-state index is 13.2. The Morgan fingerprint density at radius 3 is 2.80 bits per heavy atom. The lowest BCUT2D eigenvalue weighted by molar-refractivity contribution is -0.117. The Hall–Kier alpha value is -1.58. The van der Waals surface area contributed by atoms with Gasteiger partial charge in [-0.25, -0.2) is 4.39 Å². The van der Waals surface area contributed by atoms with Gasteiger partial charge in [-0.3, -0.25) is 4.79 Å². The third-order valence-corrected chi connectivity index (χ3v) is 2.66. The maximum absolute atomic E-state index is 13.2. The summed E-state index contributed by atoms with van der Waals surface area (Å²) in [6.45, 7) is 1.98. The fourth-order valence-electron chi connectivity index (χ4n) is 1.52. The van der Waals surface area contributed by atoms with Gasteiger partial charge >= 0.3 is 0 Å². The minimum absolute atomic E-state index is 0.0122. The molecule has 1 fully saturated rings. The van der Waals surface area contributed by atoms with Gasteiger partial charge in [0.1, 0.15) is 11.6 Å². The molecule has 0 aliphatic heterocycles. The first-order valence-electron chi connectivity index (χ1n) is 4.87. The van der Waals surface area contributed by atoms with E-state index in [1.807, 2.05) is 6.92 Å². The number of aromatic hydroxyl groups is 1. The number of rotatable bonds is 2. The summed E-state index contributed by atoms with van der Waals surface area (Å²) in [5.41, 5.74) is 0.122. The van der Waals surface area contributed by atoms with Crippen molar-refractivity contribution in [3.05, 3.63) is 24.0 Å². The Labute approximate surface area is 86.9 Å². The highest BCUT2D eigenvalue weighted by Gasteiger charge is 2.39. The lowest BCUT2D eigenvalue weighted by atomic mass is 10.2. The zero-order chi connectivity index (χ0) is 11.0. The van der Waals surface area contributed by atoms with Crippen LogP contribution in [0.15, 0.2) is 18.2 Å². The fourth-order valence-corrected chi connectivity index (χ4v) is 1.52. The third-order valence-electron chi connectivity index (χ3n) is 2.66. The van der Waals surface area contributed by atoms with Gasteiger partial charge in [-0.05, 0) is 24.5 Å². The average molecular weight is 209 g/mol. The molecule has 1 saturated carbocycles. The molecule has 1 aliphatic carbocycles. The molecule has 1 aliphatic rings. The van der Waals surface area contributed by atoms with E-state index in [1.165, 1.54) is 12.1 Å². The SMILES string of the molecule is CC1CC1C(=O)Nc1ccc(O)cc1F. The van der Waals surface area contributed by atoms with Crippen LogP contribution in [0.5, 0.6) is 5.75 Å². The van der Waals surface area contributed by atoms with Crippen molar-refractivity contribution in [1.29, 1.82) is 0 Å². The molecule has 1 aromatic rings. The second-order valence-electron chi connectivity index (χ2n) is 3.97. The highest BCUT2D eigenvalue weighted by Crippen LogP contribution is 2.38. The molecule has 1 amide bonds. The molecule has 80 valence electrons. The van der Waals surface area contributed by atoms with E-state index in [1.54, 1.807) is 0 Å². The molecule has 0 radical (unpaired) electrons. The number of carbonyl (C=O) groups excluding carboxylic acids is 1. The topological polar surface area (TPSA) is 49.3 Å². The number of anilines is 1. The first-order valence-corrected chi connectivity index (χ1v) is 4.87.